The summed E-state index contributed by atoms with van der Waals surface area (Å²) in [6.45, 7) is 0.124. The van der Waals surface area contributed by atoms with Gasteiger partial charge in [0, 0.05) is 12.4 Å². The molecule has 7 heteroatoms. The topological polar surface area (TPSA) is 85.6 Å². The van der Waals surface area contributed by atoms with Crippen LogP contribution in [0.1, 0.15) is 5.56 Å². The van der Waals surface area contributed by atoms with E-state index in [0.717, 1.165) is 5.56 Å². The van der Waals surface area contributed by atoms with E-state index in [2.05, 4.69) is 15.3 Å². The summed E-state index contributed by atoms with van der Waals surface area (Å²) >= 11 is 0. The van der Waals surface area contributed by atoms with E-state index in [4.69, 9.17) is 4.74 Å². The minimum absolute atomic E-state index is 0.0433. The molecule has 0 aliphatic rings. The largest absolute Gasteiger partial charge is 0.444 e. The fourth-order valence-corrected chi connectivity index (χ4v) is 1.89. The molecule has 7 nitrogen and oxygen atoms in total. The molecule has 22 heavy (non-hydrogen) atoms. The molecule has 2 heterocycles. The first kappa shape index (κ1) is 13.7. The lowest BCUT2D eigenvalue weighted by Gasteiger charge is -2.07. The summed E-state index contributed by atoms with van der Waals surface area (Å²) in [6.07, 6.45) is 4.97. The van der Waals surface area contributed by atoms with Crippen LogP contribution in [0.5, 0.6) is 0 Å². The molecular formula is C15H12N4O3. The summed E-state index contributed by atoms with van der Waals surface area (Å²) in [5, 5.41) is 2.40. The number of carbonyl (C=O) groups excluding carboxylic acids is 1. The number of benzene rings is 1. The molecule has 0 radical (unpaired) electrons. The van der Waals surface area contributed by atoms with Gasteiger partial charge >= 0.3 is 6.09 Å². The van der Waals surface area contributed by atoms with Gasteiger partial charge < -0.3 is 4.74 Å². The highest BCUT2D eigenvalue weighted by Gasteiger charge is 2.09. The van der Waals surface area contributed by atoms with E-state index in [1.807, 2.05) is 30.3 Å². The quantitative estimate of drug-likeness (QED) is 0.797. The van der Waals surface area contributed by atoms with Gasteiger partial charge in [-0.05, 0) is 5.56 Å². The van der Waals surface area contributed by atoms with Crippen molar-refractivity contribution in [3.8, 4) is 0 Å². The van der Waals surface area contributed by atoms with E-state index in [1.54, 1.807) is 0 Å². The average molecular weight is 296 g/mol. The van der Waals surface area contributed by atoms with E-state index in [-0.39, 0.29) is 12.3 Å². The Morgan fingerprint density at radius 2 is 2.05 bits per heavy atom. The second kappa shape index (κ2) is 6.04. The summed E-state index contributed by atoms with van der Waals surface area (Å²) in [5.41, 5.74) is 0.901. The van der Waals surface area contributed by atoms with Gasteiger partial charge in [0.15, 0.2) is 5.65 Å². The summed E-state index contributed by atoms with van der Waals surface area (Å²) < 4.78 is 6.35. The van der Waals surface area contributed by atoms with Crippen LogP contribution in [-0.4, -0.2) is 20.5 Å². The third kappa shape index (κ3) is 2.93. The van der Waals surface area contributed by atoms with Crippen molar-refractivity contribution >= 4 is 17.4 Å². The van der Waals surface area contributed by atoms with Crippen molar-refractivity contribution in [2.24, 2.45) is 0 Å². The van der Waals surface area contributed by atoms with Crippen LogP contribution in [0.15, 0.2) is 59.9 Å². The lowest BCUT2D eigenvalue weighted by atomic mass is 10.2. The molecule has 0 saturated carbocycles. The summed E-state index contributed by atoms with van der Waals surface area (Å²) in [6, 6.07) is 9.26. The molecule has 3 rings (SSSR count). The van der Waals surface area contributed by atoms with Crippen LogP contribution in [-0.2, 0) is 11.3 Å². The molecule has 1 amide bonds. The van der Waals surface area contributed by atoms with E-state index in [0.29, 0.717) is 5.65 Å². The van der Waals surface area contributed by atoms with Crippen molar-refractivity contribution in [2.45, 2.75) is 6.61 Å². The van der Waals surface area contributed by atoms with E-state index >= 15 is 0 Å². The maximum atomic E-state index is 12.2. The van der Waals surface area contributed by atoms with Crippen molar-refractivity contribution in [2.75, 3.05) is 5.32 Å². The van der Waals surface area contributed by atoms with Crippen molar-refractivity contribution in [1.82, 2.24) is 14.4 Å². The Hall–Kier alpha value is -3.22. The standard InChI is InChI=1S/C15H12N4O3/c20-14-12(8-17-13-9-16-6-7-19(13)14)18-15(21)22-10-11-4-2-1-3-5-11/h1-9H,10H2,(H,18,21). The van der Waals surface area contributed by atoms with Gasteiger partial charge in [-0.3, -0.25) is 19.5 Å². The van der Waals surface area contributed by atoms with Gasteiger partial charge in [-0.25, -0.2) is 9.78 Å². The molecular weight excluding hydrogens is 284 g/mol. The maximum Gasteiger partial charge on any atom is 0.412 e. The Balaban J connectivity index is 1.72. The number of hydrogen-bond acceptors (Lipinski definition) is 5. The molecule has 0 atom stereocenters. The number of carbonyl (C=O) groups is 1. The normalized spacial score (nSPS) is 10.4. The van der Waals surface area contributed by atoms with Gasteiger partial charge in [0.2, 0.25) is 0 Å². The average Bonchev–Trinajstić information content (AvgIpc) is 2.57. The highest BCUT2D eigenvalue weighted by atomic mass is 16.5. The molecule has 0 unspecified atom stereocenters. The number of amides is 1. The number of nitrogens with zero attached hydrogens (tertiary/aromatic N) is 3. The van der Waals surface area contributed by atoms with Gasteiger partial charge in [0.25, 0.3) is 5.56 Å². The maximum absolute atomic E-state index is 12.2. The summed E-state index contributed by atoms with van der Waals surface area (Å²) in [5.74, 6) is 0. The number of anilines is 1. The van der Waals surface area contributed by atoms with Gasteiger partial charge in [-0.15, -0.1) is 0 Å². The molecule has 0 spiro atoms. The van der Waals surface area contributed by atoms with Crippen LogP contribution in [0.25, 0.3) is 5.65 Å². The number of hydrogen-bond donors (Lipinski definition) is 1. The third-order valence-electron chi connectivity index (χ3n) is 2.96. The van der Waals surface area contributed by atoms with Gasteiger partial charge in [0.05, 0.1) is 12.4 Å². The first-order valence-electron chi connectivity index (χ1n) is 6.53. The van der Waals surface area contributed by atoms with Gasteiger partial charge in [-0.2, -0.15) is 0 Å². The highest BCUT2D eigenvalue weighted by Crippen LogP contribution is 2.04. The SMILES string of the molecule is O=C(Nc1cnc2cnccn2c1=O)OCc1ccccc1. The summed E-state index contributed by atoms with van der Waals surface area (Å²) in [4.78, 5) is 31.8. The van der Waals surface area contributed by atoms with E-state index in [1.165, 1.54) is 29.2 Å². The Morgan fingerprint density at radius 1 is 1.23 bits per heavy atom. The minimum Gasteiger partial charge on any atom is -0.444 e. The second-order valence-corrected chi connectivity index (χ2v) is 4.47. The molecule has 0 fully saturated rings. The second-order valence-electron chi connectivity index (χ2n) is 4.47. The Bertz CT molecular complexity index is 861. The smallest absolute Gasteiger partial charge is 0.412 e. The number of aromatic nitrogens is 3. The predicted octanol–water partition coefficient (Wildman–Crippen LogP) is 1.84. The lowest BCUT2D eigenvalue weighted by molar-refractivity contribution is 0.155. The van der Waals surface area contributed by atoms with Crippen molar-refractivity contribution < 1.29 is 9.53 Å². The minimum atomic E-state index is -0.711. The molecule has 110 valence electrons. The molecule has 2 aromatic heterocycles. The molecule has 1 N–H and O–H groups in total. The molecule has 0 aliphatic heterocycles. The van der Waals surface area contributed by atoms with Crippen molar-refractivity contribution in [3.63, 3.8) is 0 Å². The molecule has 3 aromatic rings. The number of rotatable bonds is 3. The van der Waals surface area contributed by atoms with Gasteiger partial charge in [0.1, 0.15) is 12.3 Å². The molecule has 0 saturated heterocycles. The molecule has 0 aliphatic carbocycles. The fourth-order valence-electron chi connectivity index (χ4n) is 1.89. The zero-order valence-corrected chi connectivity index (χ0v) is 11.5. The molecule has 0 bridgehead atoms. The Kier molecular flexibility index (Phi) is 3.78. The fraction of sp³-hybridized carbons (Fsp3) is 0.0667. The first-order valence-corrected chi connectivity index (χ1v) is 6.53. The first-order chi connectivity index (χ1) is 10.7. The van der Waals surface area contributed by atoms with Gasteiger partial charge in [-0.1, -0.05) is 30.3 Å². The van der Waals surface area contributed by atoms with Crippen LogP contribution < -0.4 is 10.9 Å². The van der Waals surface area contributed by atoms with Crippen LogP contribution in [0.4, 0.5) is 10.5 Å². The predicted molar refractivity (Wildman–Crippen MR) is 79.5 cm³/mol. The van der Waals surface area contributed by atoms with Crippen LogP contribution >= 0.6 is 0 Å². The number of ether oxygens (including phenoxy) is 1. The number of nitrogens with one attached hydrogen (secondary N) is 1. The Morgan fingerprint density at radius 3 is 2.86 bits per heavy atom. The van der Waals surface area contributed by atoms with Crippen LogP contribution in [0, 0.1) is 0 Å². The number of fused-ring (bicyclic) bond motifs is 1. The van der Waals surface area contributed by atoms with Crippen LogP contribution in [0.3, 0.4) is 0 Å². The zero-order valence-electron chi connectivity index (χ0n) is 11.5. The van der Waals surface area contributed by atoms with Crippen molar-refractivity contribution in [3.05, 3.63) is 71.0 Å². The van der Waals surface area contributed by atoms with Crippen molar-refractivity contribution in [1.29, 1.82) is 0 Å². The zero-order chi connectivity index (χ0) is 15.4. The Labute approximate surface area is 125 Å². The monoisotopic (exact) mass is 296 g/mol. The molecule has 1 aromatic carbocycles. The third-order valence-corrected chi connectivity index (χ3v) is 2.96. The van der Waals surface area contributed by atoms with E-state index in [9.17, 15) is 9.59 Å². The lowest BCUT2D eigenvalue weighted by Crippen LogP contribution is -2.23. The summed E-state index contributed by atoms with van der Waals surface area (Å²) in [7, 11) is 0. The highest BCUT2D eigenvalue weighted by molar-refractivity contribution is 5.84. The van der Waals surface area contributed by atoms with Crippen LogP contribution in [0.2, 0.25) is 0 Å². The van der Waals surface area contributed by atoms with E-state index < -0.39 is 11.7 Å².